The number of piperidine rings is 1. The van der Waals surface area contributed by atoms with Crippen LogP contribution in [-0.2, 0) is 0 Å². The molecule has 0 spiro atoms. The van der Waals surface area contributed by atoms with Crippen LogP contribution in [-0.4, -0.2) is 35.6 Å². The van der Waals surface area contributed by atoms with Crippen LogP contribution in [0.2, 0.25) is 0 Å². The molecule has 1 saturated heterocycles. The van der Waals surface area contributed by atoms with Crippen LogP contribution in [0.5, 0.6) is 0 Å². The fourth-order valence-corrected chi connectivity index (χ4v) is 2.37. The number of hydrogen-bond acceptors (Lipinski definition) is 5. The minimum absolute atomic E-state index is 0.143. The lowest BCUT2D eigenvalue weighted by atomic mass is 10.1. The number of H-pyrrole nitrogens is 1. The third kappa shape index (κ3) is 2.52. The molecule has 1 aromatic heterocycles. The van der Waals surface area contributed by atoms with Crippen molar-refractivity contribution in [3.8, 4) is 0 Å². The van der Waals surface area contributed by atoms with Crippen molar-refractivity contribution in [3.05, 3.63) is 15.9 Å². The molecule has 1 fully saturated rings. The molecule has 0 amide bonds. The number of hydrogen-bond donors (Lipinski definition) is 1. The van der Waals surface area contributed by atoms with Gasteiger partial charge in [0.25, 0.3) is 5.56 Å². The van der Waals surface area contributed by atoms with E-state index in [4.69, 9.17) is 0 Å². The van der Waals surface area contributed by atoms with Crippen LogP contribution in [0, 0.1) is 0 Å². The normalized spacial score (nSPS) is 15.9. The predicted molar refractivity (Wildman–Crippen MR) is 68.1 cm³/mol. The molecular formula is C11H15N3O2S. The lowest BCUT2D eigenvalue weighted by Crippen LogP contribution is -2.33. The van der Waals surface area contributed by atoms with E-state index in [9.17, 15) is 9.59 Å². The highest BCUT2D eigenvalue weighted by Gasteiger charge is 2.19. The first-order valence-corrected chi connectivity index (χ1v) is 6.87. The standard InChI is InChI=1S/C11H15N3O2S/c1-17-11-12-9(8(7-15)10(16)13-11)14-5-3-2-4-6-14/h7H,2-6H2,1H3,(H,12,13,16). The Morgan fingerprint density at radius 3 is 2.65 bits per heavy atom. The minimum Gasteiger partial charge on any atom is -0.356 e. The van der Waals surface area contributed by atoms with Gasteiger partial charge in [0.1, 0.15) is 11.4 Å². The quantitative estimate of drug-likeness (QED) is 0.499. The van der Waals surface area contributed by atoms with E-state index in [1.165, 1.54) is 18.2 Å². The first-order valence-electron chi connectivity index (χ1n) is 5.64. The van der Waals surface area contributed by atoms with E-state index in [1.807, 2.05) is 11.2 Å². The summed E-state index contributed by atoms with van der Waals surface area (Å²) >= 11 is 1.37. The molecule has 0 atom stereocenters. The molecule has 0 aromatic carbocycles. The van der Waals surface area contributed by atoms with Gasteiger partial charge < -0.3 is 9.88 Å². The molecule has 5 nitrogen and oxygen atoms in total. The third-order valence-electron chi connectivity index (χ3n) is 2.88. The number of nitrogens with one attached hydrogen (secondary N) is 1. The molecule has 1 aliphatic heterocycles. The lowest BCUT2D eigenvalue weighted by molar-refractivity contribution is 0.112. The second-order valence-corrected chi connectivity index (χ2v) is 4.77. The Hall–Kier alpha value is -1.30. The zero-order valence-corrected chi connectivity index (χ0v) is 10.5. The molecule has 0 radical (unpaired) electrons. The van der Waals surface area contributed by atoms with Crippen LogP contribution in [0.4, 0.5) is 5.82 Å². The molecule has 6 heteroatoms. The maximum Gasteiger partial charge on any atom is 0.264 e. The lowest BCUT2D eigenvalue weighted by Gasteiger charge is -2.28. The number of carbonyl (C=O) groups is 1. The van der Waals surface area contributed by atoms with Crippen molar-refractivity contribution in [3.63, 3.8) is 0 Å². The summed E-state index contributed by atoms with van der Waals surface area (Å²) in [4.78, 5) is 31.7. The van der Waals surface area contributed by atoms with Gasteiger partial charge in [-0.2, -0.15) is 0 Å². The fourth-order valence-electron chi connectivity index (χ4n) is 2.00. The van der Waals surface area contributed by atoms with Crippen molar-refractivity contribution in [1.29, 1.82) is 0 Å². The van der Waals surface area contributed by atoms with Crippen molar-refractivity contribution in [2.24, 2.45) is 0 Å². The van der Waals surface area contributed by atoms with Crippen LogP contribution >= 0.6 is 11.8 Å². The summed E-state index contributed by atoms with van der Waals surface area (Å²) in [5.41, 5.74) is -0.204. The summed E-state index contributed by atoms with van der Waals surface area (Å²) in [6.45, 7) is 1.73. The van der Waals surface area contributed by atoms with Gasteiger partial charge in [-0.25, -0.2) is 4.98 Å². The van der Waals surface area contributed by atoms with Crippen LogP contribution in [0.15, 0.2) is 9.95 Å². The first-order chi connectivity index (χ1) is 8.26. The zero-order valence-electron chi connectivity index (χ0n) is 9.73. The highest BCUT2D eigenvalue weighted by atomic mass is 32.2. The number of aromatic nitrogens is 2. The zero-order chi connectivity index (χ0) is 12.3. The Morgan fingerprint density at radius 2 is 2.06 bits per heavy atom. The number of thioether (sulfide) groups is 1. The van der Waals surface area contributed by atoms with Gasteiger partial charge in [-0.05, 0) is 25.5 Å². The van der Waals surface area contributed by atoms with E-state index in [0.29, 0.717) is 17.3 Å². The largest absolute Gasteiger partial charge is 0.356 e. The third-order valence-corrected chi connectivity index (χ3v) is 3.46. The summed E-state index contributed by atoms with van der Waals surface area (Å²) in [7, 11) is 0. The molecule has 2 heterocycles. The average Bonchev–Trinajstić information content (AvgIpc) is 2.38. The molecule has 1 N–H and O–H groups in total. The van der Waals surface area contributed by atoms with Gasteiger partial charge in [0.05, 0.1) is 0 Å². The van der Waals surface area contributed by atoms with Gasteiger partial charge in [0.2, 0.25) is 0 Å². The molecule has 0 bridgehead atoms. The smallest absolute Gasteiger partial charge is 0.264 e. The molecule has 17 heavy (non-hydrogen) atoms. The van der Waals surface area contributed by atoms with E-state index in [1.54, 1.807) is 0 Å². The van der Waals surface area contributed by atoms with Gasteiger partial charge >= 0.3 is 0 Å². The number of anilines is 1. The number of carbonyl (C=O) groups excluding carboxylic acids is 1. The summed E-state index contributed by atoms with van der Waals surface area (Å²) in [5.74, 6) is 0.535. The monoisotopic (exact) mass is 253 g/mol. The van der Waals surface area contributed by atoms with Crippen molar-refractivity contribution >= 4 is 23.9 Å². The summed E-state index contributed by atoms with van der Waals surface area (Å²) in [6.07, 6.45) is 5.81. The molecule has 2 rings (SSSR count). The predicted octanol–water partition coefficient (Wildman–Crippen LogP) is 1.29. The van der Waals surface area contributed by atoms with E-state index in [-0.39, 0.29) is 11.1 Å². The minimum atomic E-state index is -0.347. The molecule has 0 aliphatic carbocycles. The highest BCUT2D eigenvalue weighted by Crippen LogP contribution is 2.20. The molecule has 1 aromatic rings. The maximum absolute atomic E-state index is 11.7. The molecule has 1 aliphatic rings. The van der Waals surface area contributed by atoms with E-state index >= 15 is 0 Å². The van der Waals surface area contributed by atoms with Crippen molar-refractivity contribution in [1.82, 2.24) is 9.97 Å². The number of rotatable bonds is 3. The summed E-state index contributed by atoms with van der Waals surface area (Å²) < 4.78 is 0. The Balaban J connectivity index is 2.45. The van der Waals surface area contributed by atoms with E-state index in [2.05, 4.69) is 9.97 Å². The Morgan fingerprint density at radius 1 is 1.35 bits per heavy atom. The highest BCUT2D eigenvalue weighted by molar-refractivity contribution is 7.98. The number of aromatic amines is 1. The van der Waals surface area contributed by atoms with Crippen molar-refractivity contribution < 1.29 is 4.79 Å². The average molecular weight is 253 g/mol. The fraction of sp³-hybridized carbons (Fsp3) is 0.545. The second-order valence-electron chi connectivity index (χ2n) is 3.98. The second kappa shape index (κ2) is 5.35. The Bertz CT molecular complexity index is 466. The first kappa shape index (κ1) is 12.2. The van der Waals surface area contributed by atoms with Gasteiger partial charge in [-0.15, -0.1) is 0 Å². The Kier molecular flexibility index (Phi) is 3.83. The van der Waals surface area contributed by atoms with E-state index in [0.717, 1.165) is 25.9 Å². The van der Waals surface area contributed by atoms with Crippen LogP contribution in [0.1, 0.15) is 29.6 Å². The topological polar surface area (TPSA) is 66.1 Å². The molecule has 0 saturated carbocycles. The van der Waals surface area contributed by atoms with Gasteiger partial charge in [-0.3, -0.25) is 9.59 Å². The van der Waals surface area contributed by atoms with Crippen LogP contribution < -0.4 is 10.5 Å². The molecule has 0 unspecified atom stereocenters. The summed E-state index contributed by atoms with van der Waals surface area (Å²) in [5, 5.41) is 0.557. The molecular weight excluding hydrogens is 238 g/mol. The van der Waals surface area contributed by atoms with Crippen molar-refractivity contribution in [2.75, 3.05) is 24.2 Å². The van der Waals surface area contributed by atoms with Crippen molar-refractivity contribution in [2.45, 2.75) is 24.4 Å². The van der Waals surface area contributed by atoms with Crippen LogP contribution in [0.25, 0.3) is 0 Å². The Labute approximate surface area is 104 Å². The van der Waals surface area contributed by atoms with E-state index < -0.39 is 0 Å². The van der Waals surface area contributed by atoms with Gasteiger partial charge in [0, 0.05) is 13.1 Å². The van der Waals surface area contributed by atoms with Gasteiger partial charge in [0.15, 0.2) is 11.4 Å². The number of aldehydes is 1. The SMILES string of the molecule is CSc1nc(N2CCCCC2)c(C=O)c(=O)[nH]1. The van der Waals surface area contributed by atoms with Gasteiger partial charge in [-0.1, -0.05) is 11.8 Å². The summed E-state index contributed by atoms with van der Waals surface area (Å²) in [6, 6.07) is 0. The van der Waals surface area contributed by atoms with Crippen LogP contribution in [0.3, 0.4) is 0 Å². The maximum atomic E-state index is 11.7. The molecule has 92 valence electrons. The number of nitrogens with zero attached hydrogens (tertiary/aromatic N) is 2.